The van der Waals surface area contributed by atoms with Crippen molar-refractivity contribution in [2.75, 3.05) is 20.8 Å². The third-order valence-corrected chi connectivity index (χ3v) is 5.15. The van der Waals surface area contributed by atoms with Gasteiger partial charge in [0.2, 0.25) is 0 Å². The number of nitrogens with zero attached hydrogens (tertiary/aromatic N) is 3. The largest absolute Gasteiger partial charge is 0.497 e. The average Bonchev–Trinajstić information content (AvgIpc) is 3.42. The Balaban J connectivity index is 1.67. The number of rotatable bonds is 5. The first-order valence-corrected chi connectivity index (χ1v) is 9.19. The van der Waals surface area contributed by atoms with Gasteiger partial charge in [-0.3, -0.25) is 14.9 Å². The summed E-state index contributed by atoms with van der Waals surface area (Å²) >= 11 is 0. The molecule has 1 aliphatic heterocycles. The highest BCUT2D eigenvalue weighted by Crippen LogP contribution is 2.38. The number of carbonyl (C=O) groups excluding carboxylic acids is 1. The molecule has 3 heterocycles. The van der Waals surface area contributed by atoms with Gasteiger partial charge in [-0.15, -0.1) is 0 Å². The highest BCUT2D eigenvalue weighted by atomic mass is 16.5. The van der Waals surface area contributed by atoms with Crippen LogP contribution < -0.4 is 9.47 Å². The number of methoxy groups -OCH3 is 2. The monoisotopic (exact) mass is 378 g/mol. The quantitative estimate of drug-likeness (QED) is 0.735. The van der Waals surface area contributed by atoms with Crippen LogP contribution in [-0.4, -0.2) is 46.8 Å². The van der Waals surface area contributed by atoms with E-state index in [9.17, 15) is 4.79 Å². The summed E-state index contributed by atoms with van der Waals surface area (Å²) in [6.07, 6.45) is 7.13. The molecule has 1 amide bonds. The second kappa shape index (κ2) is 7.72. The maximum absolute atomic E-state index is 13.3. The predicted molar refractivity (Wildman–Crippen MR) is 104 cm³/mol. The summed E-state index contributed by atoms with van der Waals surface area (Å²) in [6.45, 7) is 0.688. The van der Waals surface area contributed by atoms with Gasteiger partial charge in [-0.05, 0) is 42.7 Å². The molecule has 28 heavy (non-hydrogen) atoms. The molecule has 1 unspecified atom stereocenters. The van der Waals surface area contributed by atoms with E-state index >= 15 is 0 Å². The second-order valence-electron chi connectivity index (χ2n) is 6.66. The van der Waals surface area contributed by atoms with Crippen LogP contribution >= 0.6 is 0 Å². The number of ether oxygens (including phenoxy) is 2. The lowest BCUT2D eigenvalue weighted by Crippen LogP contribution is -2.31. The van der Waals surface area contributed by atoms with Gasteiger partial charge in [-0.25, -0.2) is 0 Å². The minimum absolute atomic E-state index is 0.0581. The van der Waals surface area contributed by atoms with Crippen LogP contribution in [0.4, 0.5) is 0 Å². The number of hydrogen-bond donors (Lipinski definition) is 1. The van der Waals surface area contributed by atoms with E-state index in [-0.39, 0.29) is 11.9 Å². The zero-order valence-corrected chi connectivity index (χ0v) is 15.9. The van der Waals surface area contributed by atoms with Crippen LogP contribution in [0, 0.1) is 0 Å². The Morgan fingerprint density at radius 1 is 1.18 bits per heavy atom. The third kappa shape index (κ3) is 3.19. The third-order valence-electron chi connectivity index (χ3n) is 5.15. The van der Waals surface area contributed by atoms with E-state index in [1.165, 1.54) is 0 Å². The number of benzene rings is 1. The van der Waals surface area contributed by atoms with Crippen LogP contribution in [0.2, 0.25) is 0 Å². The minimum atomic E-state index is -0.0648. The number of H-pyrrole nitrogens is 1. The number of aromatic amines is 1. The summed E-state index contributed by atoms with van der Waals surface area (Å²) < 4.78 is 10.7. The van der Waals surface area contributed by atoms with E-state index < -0.39 is 0 Å². The number of aromatic nitrogens is 3. The molecule has 1 saturated heterocycles. The van der Waals surface area contributed by atoms with Gasteiger partial charge in [0.1, 0.15) is 11.5 Å². The maximum atomic E-state index is 13.3. The first-order chi connectivity index (χ1) is 13.7. The lowest BCUT2D eigenvalue weighted by Gasteiger charge is -2.25. The standard InChI is InChI=1S/C21H22N4O3/c1-27-15-5-6-16(19(12-15)28-2)21(26)25-11-3-4-18(25)20-17(13-23-24-20)14-7-9-22-10-8-14/h5-10,12-13,18H,3-4,11H2,1-2H3,(H,23,24). The predicted octanol–water partition coefficient (Wildman–Crippen LogP) is 3.47. The molecule has 1 fully saturated rings. The van der Waals surface area contributed by atoms with Crippen LogP contribution in [0.1, 0.15) is 34.9 Å². The molecule has 1 N–H and O–H groups in total. The highest BCUT2D eigenvalue weighted by Gasteiger charge is 2.34. The lowest BCUT2D eigenvalue weighted by molar-refractivity contribution is 0.0730. The van der Waals surface area contributed by atoms with Gasteiger partial charge in [0.05, 0.1) is 37.7 Å². The molecule has 1 aliphatic rings. The number of amides is 1. The number of likely N-dealkylation sites (tertiary alicyclic amines) is 1. The van der Waals surface area contributed by atoms with Crippen LogP contribution in [0.5, 0.6) is 11.5 Å². The van der Waals surface area contributed by atoms with Crippen molar-refractivity contribution in [2.24, 2.45) is 0 Å². The maximum Gasteiger partial charge on any atom is 0.258 e. The van der Waals surface area contributed by atoms with Gasteiger partial charge >= 0.3 is 0 Å². The summed E-state index contributed by atoms with van der Waals surface area (Å²) in [5.41, 5.74) is 3.50. The Kier molecular flexibility index (Phi) is 4.97. The molecule has 0 radical (unpaired) electrons. The van der Waals surface area contributed by atoms with E-state index in [0.717, 1.165) is 29.7 Å². The molecular weight excluding hydrogens is 356 g/mol. The molecule has 0 spiro atoms. The molecule has 3 aromatic rings. The Morgan fingerprint density at radius 2 is 2.00 bits per heavy atom. The molecule has 1 atom stereocenters. The van der Waals surface area contributed by atoms with Gasteiger partial charge in [0.25, 0.3) is 5.91 Å². The molecule has 1 aromatic carbocycles. The Bertz CT molecular complexity index is 971. The van der Waals surface area contributed by atoms with Crippen molar-refractivity contribution < 1.29 is 14.3 Å². The normalized spacial score (nSPS) is 16.2. The second-order valence-corrected chi connectivity index (χ2v) is 6.66. The SMILES string of the molecule is COc1ccc(C(=O)N2CCCC2c2[nH]ncc2-c2ccncc2)c(OC)c1. The van der Waals surface area contributed by atoms with Gasteiger partial charge in [-0.1, -0.05) is 0 Å². The molecule has 7 heteroatoms. The molecular formula is C21H22N4O3. The molecule has 0 aliphatic carbocycles. The number of carbonyl (C=O) groups is 1. The molecule has 2 aromatic heterocycles. The van der Waals surface area contributed by atoms with E-state index in [1.54, 1.807) is 51.0 Å². The van der Waals surface area contributed by atoms with Crippen molar-refractivity contribution in [3.63, 3.8) is 0 Å². The number of pyridine rings is 1. The topological polar surface area (TPSA) is 80.3 Å². The first kappa shape index (κ1) is 18.0. The summed E-state index contributed by atoms with van der Waals surface area (Å²) in [7, 11) is 3.15. The summed E-state index contributed by atoms with van der Waals surface area (Å²) in [5, 5.41) is 7.36. The van der Waals surface area contributed by atoms with Crippen LogP contribution in [0.3, 0.4) is 0 Å². The van der Waals surface area contributed by atoms with Crippen molar-refractivity contribution in [1.29, 1.82) is 0 Å². The minimum Gasteiger partial charge on any atom is -0.497 e. The van der Waals surface area contributed by atoms with Gasteiger partial charge in [0, 0.05) is 30.6 Å². The smallest absolute Gasteiger partial charge is 0.258 e. The molecule has 4 rings (SSSR count). The Labute approximate surface area is 163 Å². The molecule has 0 saturated carbocycles. The Hall–Kier alpha value is -3.35. The van der Waals surface area contributed by atoms with Gasteiger partial charge in [-0.2, -0.15) is 5.10 Å². The summed E-state index contributed by atoms with van der Waals surface area (Å²) in [5.74, 6) is 1.10. The first-order valence-electron chi connectivity index (χ1n) is 9.19. The number of nitrogens with one attached hydrogen (secondary N) is 1. The van der Waals surface area contributed by atoms with Crippen molar-refractivity contribution >= 4 is 5.91 Å². The van der Waals surface area contributed by atoms with Crippen molar-refractivity contribution in [3.8, 4) is 22.6 Å². The van der Waals surface area contributed by atoms with Crippen molar-refractivity contribution in [1.82, 2.24) is 20.1 Å². The summed E-state index contributed by atoms with van der Waals surface area (Å²) in [4.78, 5) is 19.3. The fourth-order valence-electron chi connectivity index (χ4n) is 3.75. The number of hydrogen-bond acceptors (Lipinski definition) is 5. The van der Waals surface area contributed by atoms with E-state index in [2.05, 4.69) is 15.2 Å². The summed E-state index contributed by atoms with van der Waals surface area (Å²) in [6, 6.07) is 9.09. The molecule has 0 bridgehead atoms. The zero-order chi connectivity index (χ0) is 19.5. The molecule has 7 nitrogen and oxygen atoms in total. The van der Waals surface area contributed by atoms with Gasteiger partial charge < -0.3 is 14.4 Å². The average molecular weight is 378 g/mol. The molecule has 144 valence electrons. The van der Waals surface area contributed by atoms with Crippen molar-refractivity contribution in [2.45, 2.75) is 18.9 Å². The van der Waals surface area contributed by atoms with Crippen molar-refractivity contribution in [3.05, 3.63) is 60.2 Å². The van der Waals surface area contributed by atoms with E-state index in [4.69, 9.17) is 9.47 Å². The lowest BCUT2D eigenvalue weighted by atomic mass is 10.0. The van der Waals surface area contributed by atoms with Crippen LogP contribution in [0.15, 0.2) is 48.9 Å². The highest BCUT2D eigenvalue weighted by molar-refractivity contribution is 5.97. The Morgan fingerprint density at radius 3 is 2.75 bits per heavy atom. The van der Waals surface area contributed by atoms with Crippen LogP contribution in [0.25, 0.3) is 11.1 Å². The van der Waals surface area contributed by atoms with E-state index in [0.29, 0.717) is 23.6 Å². The van der Waals surface area contributed by atoms with Gasteiger partial charge in [0.15, 0.2) is 0 Å². The fraction of sp³-hybridized carbons (Fsp3) is 0.286. The van der Waals surface area contributed by atoms with E-state index in [1.807, 2.05) is 17.0 Å². The zero-order valence-electron chi connectivity index (χ0n) is 15.9. The van der Waals surface area contributed by atoms with Crippen LogP contribution in [-0.2, 0) is 0 Å². The fourth-order valence-corrected chi connectivity index (χ4v) is 3.75.